The van der Waals surface area contributed by atoms with Crippen molar-refractivity contribution in [1.29, 1.82) is 0 Å². The molecular weight excluding hydrogens is 462 g/mol. The summed E-state index contributed by atoms with van der Waals surface area (Å²) in [6.07, 6.45) is 9.24. The van der Waals surface area contributed by atoms with Crippen molar-refractivity contribution < 1.29 is 24.3 Å². The van der Waals surface area contributed by atoms with Crippen molar-refractivity contribution >= 4 is 23.7 Å². The van der Waals surface area contributed by atoms with E-state index in [1.807, 2.05) is 0 Å². The molecule has 3 amide bonds. The number of alkyl carbamates (subject to hydrolysis) is 1. The van der Waals surface area contributed by atoms with E-state index >= 15 is 0 Å². The van der Waals surface area contributed by atoms with Crippen molar-refractivity contribution in [3.63, 3.8) is 0 Å². The van der Waals surface area contributed by atoms with Crippen LogP contribution in [-0.2, 0) is 14.3 Å². The Hall–Kier alpha value is -2.52. The third-order valence-electron chi connectivity index (χ3n) is 7.84. The minimum absolute atomic E-state index is 0.0492. The molecule has 3 aliphatic rings. The molecule has 0 bridgehead atoms. The lowest BCUT2D eigenvalue weighted by Crippen LogP contribution is -2.56. The predicted octanol–water partition coefficient (Wildman–Crippen LogP) is 3.12. The van der Waals surface area contributed by atoms with E-state index in [1.54, 1.807) is 25.7 Å². The molecule has 36 heavy (non-hydrogen) atoms. The van der Waals surface area contributed by atoms with Gasteiger partial charge in [0, 0.05) is 19.0 Å². The third kappa shape index (κ3) is 7.74. The molecule has 3 fully saturated rings. The molecule has 2 aliphatic carbocycles. The standard InChI is InChI=1S/C26H45N5O5/c1-26(2,3)36-25(34)29-21(18-8-5-4-6-9-18)24(33)31-15-7-10-20(31)23(32)28-16-17-11-13-19(14-12-17)22(27)30-35/h17-21,35H,4-16H2,1-3H3,(H2,27,30)(H,28,32)(H,29,34)/t17-,19-,20-,21+/m0/s1. The molecular formula is C26H45N5O5. The lowest BCUT2D eigenvalue weighted by atomic mass is 9.81. The van der Waals surface area contributed by atoms with Gasteiger partial charge in [-0.2, -0.15) is 0 Å². The Labute approximate surface area is 214 Å². The minimum Gasteiger partial charge on any atom is -0.444 e. The quantitative estimate of drug-likeness (QED) is 0.180. The summed E-state index contributed by atoms with van der Waals surface area (Å²) in [4.78, 5) is 41.1. The number of nitrogens with two attached hydrogens (primary N) is 1. The van der Waals surface area contributed by atoms with Gasteiger partial charge in [-0.25, -0.2) is 4.79 Å². The Morgan fingerprint density at radius 2 is 1.69 bits per heavy atom. The van der Waals surface area contributed by atoms with Gasteiger partial charge >= 0.3 is 6.09 Å². The fraction of sp³-hybridized carbons (Fsp3) is 0.846. The molecule has 3 rings (SSSR count). The second-order valence-electron chi connectivity index (χ2n) is 11.7. The molecule has 0 aromatic carbocycles. The van der Waals surface area contributed by atoms with Crippen LogP contribution < -0.4 is 16.4 Å². The number of amidine groups is 1. The van der Waals surface area contributed by atoms with Crippen LogP contribution in [0.15, 0.2) is 5.16 Å². The van der Waals surface area contributed by atoms with E-state index in [2.05, 4.69) is 15.8 Å². The van der Waals surface area contributed by atoms with Crippen LogP contribution in [0.3, 0.4) is 0 Å². The number of nitrogens with one attached hydrogen (secondary N) is 2. The van der Waals surface area contributed by atoms with E-state index in [9.17, 15) is 14.4 Å². The molecule has 0 unspecified atom stereocenters. The molecule has 10 heteroatoms. The Kier molecular flexibility index (Phi) is 9.84. The van der Waals surface area contributed by atoms with Gasteiger partial charge in [0.15, 0.2) is 0 Å². The maximum absolute atomic E-state index is 13.7. The van der Waals surface area contributed by atoms with Crippen LogP contribution in [0, 0.1) is 17.8 Å². The zero-order valence-electron chi connectivity index (χ0n) is 22.1. The summed E-state index contributed by atoms with van der Waals surface area (Å²) in [5, 5.41) is 17.9. The van der Waals surface area contributed by atoms with Crippen LogP contribution in [0.4, 0.5) is 4.79 Å². The van der Waals surface area contributed by atoms with Crippen molar-refractivity contribution in [3.8, 4) is 0 Å². The Bertz CT molecular complexity index is 797. The first kappa shape index (κ1) is 28.1. The summed E-state index contributed by atoms with van der Waals surface area (Å²) >= 11 is 0. The van der Waals surface area contributed by atoms with E-state index in [0.29, 0.717) is 25.4 Å². The van der Waals surface area contributed by atoms with E-state index in [-0.39, 0.29) is 29.5 Å². The van der Waals surface area contributed by atoms with Crippen LogP contribution >= 0.6 is 0 Å². The minimum atomic E-state index is -0.678. The number of carbonyl (C=O) groups excluding carboxylic acids is 3. The molecule has 0 aromatic heterocycles. The number of amides is 3. The van der Waals surface area contributed by atoms with Crippen LogP contribution in [0.5, 0.6) is 0 Å². The number of rotatable bonds is 7. The molecule has 0 aromatic rings. The lowest BCUT2D eigenvalue weighted by Gasteiger charge is -2.35. The van der Waals surface area contributed by atoms with Crippen molar-refractivity contribution in [3.05, 3.63) is 0 Å². The highest BCUT2D eigenvalue weighted by Crippen LogP contribution is 2.31. The van der Waals surface area contributed by atoms with Gasteiger partial charge in [0.25, 0.3) is 0 Å². The molecule has 0 radical (unpaired) electrons. The SMILES string of the molecule is CC(C)(C)OC(=O)N[C@@H](C(=O)N1CCC[C@H]1C(=O)NC[C@H]1CC[C@H](C(N)=NO)CC1)C1CCCCC1. The van der Waals surface area contributed by atoms with Crippen molar-refractivity contribution in [2.45, 2.75) is 109 Å². The highest BCUT2D eigenvalue weighted by Gasteiger charge is 2.41. The molecule has 10 nitrogen and oxygen atoms in total. The lowest BCUT2D eigenvalue weighted by molar-refractivity contribution is -0.141. The fourth-order valence-electron chi connectivity index (χ4n) is 5.87. The Morgan fingerprint density at radius 3 is 2.31 bits per heavy atom. The van der Waals surface area contributed by atoms with Crippen LogP contribution in [0.2, 0.25) is 0 Å². The molecule has 2 atom stereocenters. The average Bonchev–Trinajstić information content (AvgIpc) is 3.35. The first-order valence-electron chi connectivity index (χ1n) is 13.6. The van der Waals surface area contributed by atoms with Crippen molar-refractivity contribution in [1.82, 2.24) is 15.5 Å². The third-order valence-corrected chi connectivity index (χ3v) is 7.84. The zero-order valence-corrected chi connectivity index (χ0v) is 22.1. The average molecular weight is 508 g/mol. The van der Waals surface area contributed by atoms with Gasteiger partial charge in [-0.15, -0.1) is 0 Å². The molecule has 0 spiro atoms. The fourth-order valence-corrected chi connectivity index (χ4v) is 5.87. The summed E-state index contributed by atoms with van der Waals surface area (Å²) < 4.78 is 5.45. The van der Waals surface area contributed by atoms with E-state index in [4.69, 9.17) is 15.7 Å². The highest BCUT2D eigenvalue weighted by atomic mass is 16.6. The summed E-state index contributed by atoms with van der Waals surface area (Å²) in [6.45, 7) is 6.47. The monoisotopic (exact) mass is 507 g/mol. The van der Waals surface area contributed by atoms with Crippen molar-refractivity contribution in [2.75, 3.05) is 13.1 Å². The maximum atomic E-state index is 13.7. The summed E-state index contributed by atoms with van der Waals surface area (Å²) in [5.74, 6) is 0.465. The van der Waals surface area contributed by atoms with Gasteiger partial charge in [-0.3, -0.25) is 9.59 Å². The molecule has 204 valence electrons. The number of hydrogen-bond donors (Lipinski definition) is 4. The van der Waals surface area contributed by atoms with Crippen molar-refractivity contribution in [2.24, 2.45) is 28.6 Å². The van der Waals surface area contributed by atoms with Crippen LogP contribution in [-0.4, -0.2) is 64.6 Å². The van der Waals surface area contributed by atoms with Gasteiger partial charge < -0.3 is 31.2 Å². The molecule has 1 saturated heterocycles. The second kappa shape index (κ2) is 12.6. The topological polar surface area (TPSA) is 146 Å². The van der Waals surface area contributed by atoms with Crippen LogP contribution in [0.25, 0.3) is 0 Å². The number of likely N-dealkylation sites (tertiary alicyclic amines) is 1. The van der Waals surface area contributed by atoms with Crippen LogP contribution in [0.1, 0.15) is 91.4 Å². The van der Waals surface area contributed by atoms with E-state index in [1.165, 1.54) is 0 Å². The zero-order chi connectivity index (χ0) is 26.3. The van der Waals surface area contributed by atoms with Gasteiger partial charge in [-0.05, 0) is 84.0 Å². The normalized spacial score (nSPS) is 26.8. The molecule has 2 saturated carbocycles. The number of carbonyl (C=O) groups is 3. The number of nitrogens with zero attached hydrogens (tertiary/aromatic N) is 2. The summed E-state index contributed by atoms with van der Waals surface area (Å²) in [6, 6.07) is -1.19. The largest absolute Gasteiger partial charge is 0.444 e. The molecule has 5 N–H and O–H groups in total. The van der Waals surface area contributed by atoms with Gasteiger partial charge in [0.2, 0.25) is 11.8 Å². The maximum Gasteiger partial charge on any atom is 0.408 e. The van der Waals surface area contributed by atoms with Gasteiger partial charge in [-0.1, -0.05) is 24.4 Å². The Balaban J connectivity index is 1.59. The number of oxime groups is 1. The predicted molar refractivity (Wildman–Crippen MR) is 136 cm³/mol. The van der Waals surface area contributed by atoms with Gasteiger partial charge in [0.05, 0.1) is 0 Å². The smallest absolute Gasteiger partial charge is 0.408 e. The summed E-state index contributed by atoms with van der Waals surface area (Å²) in [5.41, 5.74) is 5.08. The Morgan fingerprint density at radius 1 is 1.03 bits per heavy atom. The van der Waals surface area contributed by atoms with Gasteiger partial charge in [0.1, 0.15) is 23.5 Å². The summed E-state index contributed by atoms with van der Waals surface area (Å²) in [7, 11) is 0. The second-order valence-corrected chi connectivity index (χ2v) is 11.7. The molecule has 1 heterocycles. The number of hydrogen-bond acceptors (Lipinski definition) is 6. The molecule has 1 aliphatic heterocycles. The first-order valence-corrected chi connectivity index (χ1v) is 13.6. The van der Waals surface area contributed by atoms with E-state index < -0.39 is 23.8 Å². The number of ether oxygens (including phenoxy) is 1. The first-order chi connectivity index (χ1) is 17.1. The van der Waals surface area contributed by atoms with E-state index in [0.717, 1.165) is 64.2 Å². The highest BCUT2D eigenvalue weighted by molar-refractivity contribution is 5.92.